The first kappa shape index (κ1) is 8.88. The van der Waals surface area contributed by atoms with Crippen molar-refractivity contribution in [3.05, 3.63) is 0 Å². The van der Waals surface area contributed by atoms with Gasteiger partial charge in [-0.2, -0.15) is 0 Å². The Bertz CT molecular complexity index is 207. The van der Waals surface area contributed by atoms with Crippen LogP contribution in [0.15, 0.2) is 4.99 Å². The number of methoxy groups -OCH3 is 1. The summed E-state index contributed by atoms with van der Waals surface area (Å²) in [4.78, 5) is 4.15. The molecular formula is C8H13N3O. The monoisotopic (exact) mass is 167 g/mol. The zero-order chi connectivity index (χ0) is 8.81. The molecule has 0 spiro atoms. The van der Waals surface area contributed by atoms with Gasteiger partial charge < -0.3 is 15.4 Å². The van der Waals surface area contributed by atoms with Gasteiger partial charge in [-0.15, -0.1) is 6.42 Å². The van der Waals surface area contributed by atoms with Gasteiger partial charge in [-0.25, -0.2) is 0 Å². The molecule has 0 saturated carbocycles. The molecule has 0 aromatic carbocycles. The Morgan fingerprint density at radius 1 is 1.92 bits per heavy atom. The van der Waals surface area contributed by atoms with Crippen LogP contribution in [0.3, 0.4) is 0 Å². The summed E-state index contributed by atoms with van der Waals surface area (Å²) in [6.07, 6.45) is 5.26. The molecule has 0 fully saturated rings. The Kier molecular flexibility index (Phi) is 3.42. The van der Waals surface area contributed by atoms with Crippen LogP contribution in [0.4, 0.5) is 0 Å². The number of hydrogen-bond acceptors (Lipinski definition) is 4. The van der Waals surface area contributed by atoms with Crippen LogP contribution in [-0.2, 0) is 4.74 Å². The molecule has 1 rings (SSSR count). The van der Waals surface area contributed by atoms with E-state index in [1.54, 1.807) is 7.11 Å². The standard InChI is InChI=1S/C8H13N3O/c1-3-7(6-12-2)11-8-9-4-5-10-8/h1,7H,4-6H2,2H3,(H2,9,10,11). The van der Waals surface area contributed by atoms with E-state index in [0.717, 1.165) is 19.0 Å². The van der Waals surface area contributed by atoms with E-state index in [2.05, 4.69) is 21.5 Å². The van der Waals surface area contributed by atoms with Crippen molar-refractivity contribution in [2.45, 2.75) is 6.04 Å². The van der Waals surface area contributed by atoms with Crippen molar-refractivity contribution in [1.29, 1.82) is 0 Å². The highest BCUT2D eigenvalue weighted by molar-refractivity contribution is 5.81. The van der Waals surface area contributed by atoms with E-state index in [4.69, 9.17) is 11.2 Å². The van der Waals surface area contributed by atoms with Gasteiger partial charge in [0, 0.05) is 13.7 Å². The molecule has 1 aliphatic heterocycles. The molecule has 0 radical (unpaired) electrons. The number of rotatable bonds is 3. The van der Waals surface area contributed by atoms with Crippen LogP contribution >= 0.6 is 0 Å². The molecule has 4 heteroatoms. The number of nitrogens with zero attached hydrogens (tertiary/aromatic N) is 1. The minimum atomic E-state index is -0.0978. The third-order valence-electron chi connectivity index (χ3n) is 1.52. The van der Waals surface area contributed by atoms with E-state index < -0.39 is 0 Å². The summed E-state index contributed by atoms with van der Waals surface area (Å²) in [6.45, 7) is 2.19. The summed E-state index contributed by atoms with van der Waals surface area (Å²) < 4.78 is 4.92. The summed E-state index contributed by atoms with van der Waals surface area (Å²) >= 11 is 0. The number of nitrogens with one attached hydrogen (secondary N) is 2. The highest BCUT2D eigenvalue weighted by Crippen LogP contribution is 1.86. The van der Waals surface area contributed by atoms with Crippen LogP contribution < -0.4 is 10.6 Å². The smallest absolute Gasteiger partial charge is 0.192 e. The van der Waals surface area contributed by atoms with Crippen molar-refractivity contribution >= 4 is 5.96 Å². The van der Waals surface area contributed by atoms with Crippen LogP contribution in [0.2, 0.25) is 0 Å². The number of terminal acetylenes is 1. The number of hydrogen-bond donors (Lipinski definition) is 2. The fraction of sp³-hybridized carbons (Fsp3) is 0.625. The van der Waals surface area contributed by atoms with Gasteiger partial charge in [0.15, 0.2) is 5.96 Å². The van der Waals surface area contributed by atoms with Gasteiger partial charge in [-0.05, 0) is 0 Å². The van der Waals surface area contributed by atoms with E-state index in [1.807, 2.05) is 0 Å². The molecule has 0 aromatic heterocycles. The minimum Gasteiger partial charge on any atom is -0.382 e. The summed E-state index contributed by atoms with van der Waals surface area (Å²) in [6, 6.07) is -0.0978. The maximum absolute atomic E-state index is 5.26. The van der Waals surface area contributed by atoms with Crippen molar-refractivity contribution in [1.82, 2.24) is 10.6 Å². The first-order valence-corrected chi connectivity index (χ1v) is 3.86. The molecular weight excluding hydrogens is 154 g/mol. The molecule has 1 atom stereocenters. The van der Waals surface area contributed by atoms with E-state index in [0.29, 0.717) is 6.61 Å². The molecule has 0 saturated heterocycles. The molecule has 0 aromatic rings. The predicted octanol–water partition coefficient (Wildman–Crippen LogP) is -0.817. The number of guanidine groups is 1. The molecule has 2 N–H and O–H groups in total. The second-order valence-electron chi connectivity index (χ2n) is 2.48. The molecule has 1 heterocycles. The van der Waals surface area contributed by atoms with Gasteiger partial charge in [0.25, 0.3) is 0 Å². The van der Waals surface area contributed by atoms with Crippen LogP contribution in [-0.4, -0.2) is 38.8 Å². The second-order valence-corrected chi connectivity index (χ2v) is 2.48. The first-order chi connectivity index (χ1) is 5.86. The van der Waals surface area contributed by atoms with Crippen molar-refractivity contribution < 1.29 is 4.74 Å². The average Bonchev–Trinajstić information content (AvgIpc) is 2.56. The normalized spacial score (nSPS) is 17.5. The Hall–Kier alpha value is -1.21. The van der Waals surface area contributed by atoms with E-state index >= 15 is 0 Å². The Labute approximate surface area is 72.4 Å². The molecule has 12 heavy (non-hydrogen) atoms. The summed E-state index contributed by atoms with van der Waals surface area (Å²) in [5.41, 5.74) is 0. The third kappa shape index (κ3) is 2.44. The lowest BCUT2D eigenvalue weighted by atomic mass is 10.3. The Balaban J connectivity index is 2.32. The summed E-state index contributed by atoms with van der Waals surface area (Å²) in [7, 11) is 1.62. The number of aliphatic imine (C=N–C) groups is 1. The zero-order valence-electron chi connectivity index (χ0n) is 7.13. The van der Waals surface area contributed by atoms with Crippen molar-refractivity contribution in [3.63, 3.8) is 0 Å². The highest BCUT2D eigenvalue weighted by atomic mass is 16.5. The summed E-state index contributed by atoms with van der Waals surface area (Å²) in [5, 5.41) is 6.11. The maximum atomic E-state index is 5.26. The van der Waals surface area contributed by atoms with Gasteiger partial charge >= 0.3 is 0 Å². The van der Waals surface area contributed by atoms with Gasteiger partial charge in [-0.3, -0.25) is 4.99 Å². The third-order valence-corrected chi connectivity index (χ3v) is 1.52. The lowest BCUT2D eigenvalue weighted by Crippen LogP contribution is -2.42. The highest BCUT2D eigenvalue weighted by Gasteiger charge is 2.09. The second kappa shape index (κ2) is 4.62. The molecule has 4 nitrogen and oxygen atoms in total. The quantitative estimate of drug-likeness (QED) is 0.540. The van der Waals surface area contributed by atoms with Gasteiger partial charge in [0.2, 0.25) is 0 Å². The van der Waals surface area contributed by atoms with Crippen LogP contribution in [0, 0.1) is 12.3 Å². The lowest BCUT2D eigenvalue weighted by molar-refractivity contribution is 0.189. The molecule has 66 valence electrons. The Morgan fingerprint density at radius 3 is 3.25 bits per heavy atom. The molecule has 1 aliphatic rings. The first-order valence-electron chi connectivity index (χ1n) is 3.86. The van der Waals surface area contributed by atoms with Crippen LogP contribution in [0.1, 0.15) is 0 Å². The van der Waals surface area contributed by atoms with Crippen LogP contribution in [0.25, 0.3) is 0 Å². The Morgan fingerprint density at radius 2 is 2.75 bits per heavy atom. The largest absolute Gasteiger partial charge is 0.382 e. The van der Waals surface area contributed by atoms with Crippen LogP contribution in [0.5, 0.6) is 0 Å². The fourth-order valence-electron chi connectivity index (χ4n) is 0.958. The SMILES string of the molecule is C#CC(COC)NC1=NCCN1. The molecule has 1 unspecified atom stereocenters. The van der Waals surface area contributed by atoms with Crippen molar-refractivity contribution in [2.75, 3.05) is 26.8 Å². The fourth-order valence-corrected chi connectivity index (χ4v) is 0.958. The lowest BCUT2D eigenvalue weighted by Gasteiger charge is -2.12. The minimum absolute atomic E-state index is 0.0978. The van der Waals surface area contributed by atoms with E-state index in [1.165, 1.54) is 0 Å². The molecule has 0 aliphatic carbocycles. The van der Waals surface area contributed by atoms with E-state index in [-0.39, 0.29) is 6.04 Å². The van der Waals surface area contributed by atoms with Gasteiger partial charge in [0.1, 0.15) is 6.04 Å². The topological polar surface area (TPSA) is 45.6 Å². The zero-order valence-corrected chi connectivity index (χ0v) is 7.13. The van der Waals surface area contributed by atoms with Gasteiger partial charge in [0.05, 0.1) is 13.2 Å². The van der Waals surface area contributed by atoms with Crippen molar-refractivity contribution in [2.24, 2.45) is 4.99 Å². The molecule has 0 bridgehead atoms. The van der Waals surface area contributed by atoms with E-state index in [9.17, 15) is 0 Å². The van der Waals surface area contributed by atoms with Gasteiger partial charge in [-0.1, -0.05) is 5.92 Å². The molecule has 0 amide bonds. The maximum Gasteiger partial charge on any atom is 0.192 e. The average molecular weight is 167 g/mol. The summed E-state index contributed by atoms with van der Waals surface area (Å²) in [5.74, 6) is 3.35. The predicted molar refractivity (Wildman–Crippen MR) is 47.9 cm³/mol. The number of ether oxygens (including phenoxy) is 1. The van der Waals surface area contributed by atoms with Crippen molar-refractivity contribution in [3.8, 4) is 12.3 Å².